The lowest BCUT2D eigenvalue weighted by molar-refractivity contribution is -0.0491. The van der Waals surface area contributed by atoms with E-state index in [0.29, 0.717) is 46.8 Å². The maximum Gasteiger partial charge on any atom is 0.267 e. The minimum atomic E-state index is -3.79. The molecule has 39 heavy (non-hydrogen) atoms. The summed E-state index contributed by atoms with van der Waals surface area (Å²) in [4.78, 5) is 27.0. The van der Waals surface area contributed by atoms with Crippen LogP contribution in [-0.4, -0.2) is 51.1 Å². The molecule has 0 aromatic heterocycles. The monoisotopic (exact) mass is 596 g/mol. The highest BCUT2D eigenvalue weighted by Crippen LogP contribution is 2.53. The number of carbonyl (C=O) groups is 2. The average Bonchev–Trinajstić information content (AvgIpc) is 3.66. The number of nitrogens with one attached hydrogen (secondary N) is 1. The van der Waals surface area contributed by atoms with Gasteiger partial charge in [0.15, 0.2) is 0 Å². The molecule has 0 radical (unpaired) electrons. The van der Waals surface area contributed by atoms with E-state index >= 15 is 0 Å². The van der Waals surface area contributed by atoms with Crippen LogP contribution in [0.2, 0.25) is 10.0 Å². The van der Waals surface area contributed by atoms with Gasteiger partial charge >= 0.3 is 0 Å². The molecular weight excluding hydrogens is 566 g/mol. The van der Waals surface area contributed by atoms with Crippen LogP contribution in [0.15, 0.2) is 30.3 Å². The molecule has 3 aliphatic rings. The fourth-order valence-corrected chi connectivity index (χ4v) is 6.97. The van der Waals surface area contributed by atoms with Crippen molar-refractivity contribution in [1.82, 2.24) is 9.62 Å². The molecule has 0 atom stereocenters. The Bertz CT molecular complexity index is 1380. The molecule has 2 amide bonds. The lowest BCUT2D eigenvalue weighted by atomic mass is 9.58. The molecule has 11 heteroatoms. The third kappa shape index (κ3) is 6.76. The largest absolute Gasteiger partial charge is 0.376 e. The van der Waals surface area contributed by atoms with E-state index in [2.05, 4.69) is 0 Å². The number of ether oxygens (including phenoxy) is 1. The Morgan fingerprint density at radius 3 is 2.31 bits per heavy atom. The van der Waals surface area contributed by atoms with Crippen molar-refractivity contribution in [3.05, 3.63) is 68.4 Å². The fraction of sp³-hybridized carbons (Fsp3) is 0.500. The quantitative estimate of drug-likeness (QED) is 0.431. The van der Waals surface area contributed by atoms with Gasteiger partial charge in [0.1, 0.15) is 5.82 Å². The summed E-state index contributed by atoms with van der Waals surface area (Å²) in [6.07, 6.45) is 6.70. The van der Waals surface area contributed by atoms with Crippen molar-refractivity contribution in [2.75, 3.05) is 26.0 Å². The molecule has 0 bridgehead atoms. The van der Waals surface area contributed by atoms with Crippen LogP contribution in [0.1, 0.15) is 76.3 Å². The first kappa shape index (κ1) is 28.3. The van der Waals surface area contributed by atoms with Crippen molar-refractivity contribution >= 4 is 45.0 Å². The number of piperidine rings is 1. The third-order valence-electron chi connectivity index (χ3n) is 8.04. The first-order chi connectivity index (χ1) is 18.4. The number of hydrogen-bond donors (Lipinski definition) is 1. The topological polar surface area (TPSA) is 92.8 Å². The summed E-state index contributed by atoms with van der Waals surface area (Å²) in [7, 11) is -3.79. The summed E-state index contributed by atoms with van der Waals surface area (Å²) in [5, 5.41) is 0.892. The van der Waals surface area contributed by atoms with Crippen molar-refractivity contribution in [3.63, 3.8) is 0 Å². The lowest BCUT2D eigenvalue weighted by Gasteiger charge is -2.52. The minimum Gasteiger partial charge on any atom is -0.376 e. The van der Waals surface area contributed by atoms with Gasteiger partial charge in [-0.3, -0.25) is 9.59 Å². The first-order valence-corrected chi connectivity index (χ1v) is 15.7. The highest BCUT2D eigenvalue weighted by molar-refractivity contribution is 7.89. The van der Waals surface area contributed by atoms with Gasteiger partial charge in [0.25, 0.3) is 11.8 Å². The molecule has 1 N–H and O–H groups in total. The molecule has 7 nitrogen and oxygen atoms in total. The molecule has 0 unspecified atom stereocenters. The van der Waals surface area contributed by atoms with Crippen molar-refractivity contribution in [2.45, 2.75) is 51.0 Å². The number of halogens is 3. The van der Waals surface area contributed by atoms with E-state index < -0.39 is 21.7 Å². The molecule has 2 aromatic rings. The second kappa shape index (κ2) is 11.0. The summed E-state index contributed by atoms with van der Waals surface area (Å²) < 4.78 is 45.4. The van der Waals surface area contributed by atoms with Gasteiger partial charge in [-0.15, -0.1) is 0 Å². The predicted molar refractivity (Wildman–Crippen MR) is 147 cm³/mol. The van der Waals surface area contributed by atoms with Crippen LogP contribution in [0, 0.1) is 17.2 Å². The van der Waals surface area contributed by atoms with Crippen LogP contribution < -0.4 is 4.72 Å². The van der Waals surface area contributed by atoms with Gasteiger partial charge in [-0.1, -0.05) is 23.2 Å². The zero-order valence-corrected chi connectivity index (χ0v) is 24.0. The summed E-state index contributed by atoms with van der Waals surface area (Å²) >= 11 is 12.1. The van der Waals surface area contributed by atoms with E-state index in [1.807, 2.05) is 9.62 Å². The number of carbonyl (C=O) groups excluding carboxylic acids is 2. The normalized spacial score (nSPS) is 19.1. The Kier molecular flexibility index (Phi) is 7.99. The summed E-state index contributed by atoms with van der Waals surface area (Å²) in [6, 6.07) is 7.68. The second-order valence-corrected chi connectivity index (χ2v) is 13.9. The molecule has 1 heterocycles. The van der Waals surface area contributed by atoms with E-state index in [4.69, 9.17) is 27.9 Å². The Morgan fingerprint density at radius 1 is 1.08 bits per heavy atom. The lowest BCUT2D eigenvalue weighted by Crippen LogP contribution is -2.49. The van der Waals surface area contributed by atoms with Crippen LogP contribution in [-0.2, 0) is 21.4 Å². The third-order valence-corrected chi connectivity index (χ3v) is 9.04. The highest BCUT2D eigenvalue weighted by Gasteiger charge is 2.46. The smallest absolute Gasteiger partial charge is 0.267 e. The van der Waals surface area contributed by atoms with Crippen molar-refractivity contribution in [1.29, 1.82) is 0 Å². The maximum absolute atomic E-state index is 14.7. The van der Waals surface area contributed by atoms with Crippen LogP contribution in [0.25, 0.3) is 0 Å². The Balaban J connectivity index is 1.11. The molecule has 2 saturated carbocycles. The minimum absolute atomic E-state index is 0.0491. The van der Waals surface area contributed by atoms with Crippen LogP contribution in [0.5, 0.6) is 0 Å². The van der Waals surface area contributed by atoms with Crippen molar-refractivity contribution < 1.29 is 27.1 Å². The molecular formula is C28H31Cl2FN2O5S. The van der Waals surface area contributed by atoms with E-state index in [0.717, 1.165) is 50.3 Å². The Hall–Kier alpha value is -2.20. The van der Waals surface area contributed by atoms with E-state index in [-0.39, 0.29) is 29.4 Å². The molecule has 2 aliphatic carbocycles. The average molecular weight is 598 g/mol. The van der Waals surface area contributed by atoms with Gasteiger partial charge in [-0.05, 0) is 97.2 Å². The number of benzene rings is 2. The number of rotatable bonds is 8. The van der Waals surface area contributed by atoms with E-state index in [9.17, 15) is 22.4 Å². The second-order valence-electron chi connectivity index (χ2n) is 11.2. The number of hydrogen-bond acceptors (Lipinski definition) is 5. The number of sulfonamides is 1. The number of nitrogens with zero attached hydrogens (tertiary/aromatic N) is 1. The van der Waals surface area contributed by atoms with Gasteiger partial charge in [0.2, 0.25) is 10.0 Å². The zero-order chi connectivity index (χ0) is 27.9. The van der Waals surface area contributed by atoms with Gasteiger partial charge in [0, 0.05) is 35.3 Å². The molecule has 3 fully saturated rings. The van der Waals surface area contributed by atoms with E-state index in [1.54, 1.807) is 18.2 Å². The SMILES string of the molecule is CS(=O)(=O)NC(=O)c1cc(C2CC2)c(COCC2CC3(CCN(C(=O)c4cc(Cl)cc(Cl)c4)CC3)C2)cc1F. The summed E-state index contributed by atoms with van der Waals surface area (Å²) in [5.41, 5.74) is 2.02. The standard InChI is InChI=1S/C28H31Cl2FN2O5S/c1-39(36,37)32-26(34)24-12-23(18-2-3-18)20(10-25(24)31)16-38-15-17-13-28(14-17)4-6-33(7-5-28)27(35)19-8-21(29)11-22(30)9-19/h8-12,17-18H,2-7,13-16H2,1H3,(H,32,34). The Morgan fingerprint density at radius 2 is 1.72 bits per heavy atom. The summed E-state index contributed by atoms with van der Waals surface area (Å²) in [6.45, 7) is 2.19. The fourth-order valence-electron chi connectivity index (χ4n) is 6.00. The molecule has 1 spiro atoms. The van der Waals surface area contributed by atoms with Crippen LogP contribution in [0.3, 0.4) is 0 Å². The zero-order valence-electron chi connectivity index (χ0n) is 21.6. The Labute approximate surface area is 238 Å². The van der Waals surface area contributed by atoms with Crippen LogP contribution >= 0.6 is 23.2 Å². The van der Waals surface area contributed by atoms with Crippen molar-refractivity contribution in [3.8, 4) is 0 Å². The van der Waals surface area contributed by atoms with Gasteiger partial charge in [0.05, 0.1) is 18.4 Å². The highest BCUT2D eigenvalue weighted by atomic mass is 35.5. The molecule has 210 valence electrons. The molecule has 2 aromatic carbocycles. The van der Waals surface area contributed by atoms with Gasteiger partial charge in [-0.25, -0.2) is 17.5 Å². The van der Waals surface area contributed by atoms with Crippen molar-refractivity contribution in [2.24, 2.45) is 11.3 Å². The molecule has 5 rings (SSSR count). The molecule has 1 aliphatic heterocycles. The van der Waals surface area contributed by atoms with E-state index in [1.165, 1.54) is 12.1 Å². The number of likely N-dealkylation sites (tertiary alicyclic amines) is 1. The first-order valence-electron chi connectivity index (χ1n) is 13.1. The van der Waals surface area contributed by atoms with Gasteiger partial charge < -0.3 is 9.64 Å². The predicted octanol–water partition coefficient (Wildman–Crippen LogP) is 5.55. The van der Waals surface area contributed by atoms with Crippen LogP contribution in [0.4, 0.5) is 4.39 Å². The summed E-state index contributed by atoms with van der Waals surface area (Å²) in [5.74, 6) is -1.13. The van der Waals surface area contributed by atoms with Gasteiger partial charge in [-0.2, -0.15) is 0 Å². The maximum atomic E-state index is 14.7. The number of amides is 2. The molecule has 1 saturated heterocycles.